The third kappa shape index (κ3) is 310000. The van der Waals surface area contributed by atoms with Gasteiger partial charge in [-0.15, -0.1) is 23.3 Å². The average molecular weight is 690 g/mol. The van der Waals surface area contributed by atoms with E-state index in [1.54, 1.807) is 0 Å². The first kappa shape index (κ1) is 48.2. The van der Waals surface area contributed by atoms with E-state index in [0.717, 1.165) is 0 Å². The average Bonchev–Trinajstić information content (AvgIpc) is 1.94. The summed E-state index contributed by atoms with van der Waals surface area (Å²) >= 11 is 0. The summed E-state index contributed by atoms with van der Waals surface area (Å²) in [5, 5.41) is 0. The molecule has 0 heterocycles. The summed E-state index contributed by atoms with van der Waals surface area (Å²) in [6, 6.07) is 0. The summed E-state index contributed by atoms with van der Waals surface area (Å²) in [5.41, 5.74) is 0. The molecule has 0 atom stereocenters. The van der Waals surface area contributed by atoms with E-state index < -0.39 is 63.0 Å². The second kappa shape index (κ2) is 19.2. The smallest absolute Gasteiger partial charge is 0.722 e. The van der Waals surface area contributed by atoms with Crippen molar-refractivity contribution in [3.05, 3.63) is 0 Å². The minimum Gasteiger partial charge on any atom is -0.722 e. The fourth-order valence-electron chi connectivity index (χ4n) is 0. The van der Waals surface area contributed by atoms with Crippen molar-refractivity contribution in [1.29, 1.82) is 0 Å². The van der Waals surface area contributed by atoms with Crippen LogP contribution in [-0.2, 0) is 84.1 Å². The standard InChI is InChI=1S/6FHO3S.Mo/c6*1-5(2,3)4;/h6*(H,2,3,4);/q;;;;;;+6/p-6. The Morgan fingerprint density at radius 2 is 0.290 bits per heavy atom. The van der Waals surface area contributed by atoms with Gasteiger partial charge in [0.2, 0.25) is 0 Å². The van der Waals surface area contributed by atoms with Crippen LogP contribution < -0.4 is 0 Å². The predicted molar refractivity (Wildman–Crippen MR) is 64.8 cm³/mol. The van der Waals surface area contributed by atoms with Crippen LogP contribution in [0.5, 0.6) is 0 Å². The Bertz CT molecular complexity index is 779. The van der Waals surface area contributed by atoms with Crippen LogP contribution in [0, 0.1) is 0 Å². The molecule has 0 aliphatic rings. The Labute approximate surface area is 184 Å². The van der Waals surface area contributed by atoms with E-state index in [0.29, 0.717) is 0 Å². The van der Waals surface area contributed by atoms with Gasteiger partial charge in [0.05, 0.1) is 0 Å². The molecule has 0 N–H and O–H groups in total. The van der Waals surface area contributed by atoms with Crippen LogP contribution in [-0.4, -0.2) is 77.8 Å². The Hall–Kier alpha value is -0.272. The first-order valence-corrected chi connectivity index (χ1v) is 11.8. The summed E-state index contributed by atoms with van der Waals surface area (Å²) in [6.07, 6.45) is 0. The van der Waals surface area contributed by atoms with Crippen LogP contribution in [0.3, 0.4) is 0 Å². The molecule has 0 unspecified atom stereocenters. The van der Waals surface area contributed by atoms with Gasteiger partial charge in [-0.2, -0.15) is 0 Å². The molecule has 192 valence electrons. The minimum absolute atomic E-state index is 0. The maximum atomic E-state index is 10.1. The number of hydrogen-bond acceptors (Lipinski definition) is 18. The van der Waals surface area contributed by atoms with Crippen LogP contribution in [0.1, 0.15) is 0 Å². The van der Waals surface area contributed by atoms with E-state index in [-0.39, 0.29) is 21.1 Å². The summed E-state index contributed by atoms with van der Waals surface area (Å²) in [7, 11) is -32.5. The van der Waals surface area contributed by atoms with Gasteiger partial charge in [0.15, 0.2) is 0 Å². The van der Waals surface area contributed by atoms with Crippen molar-refractivity contribution in [2.45, 2.75) is 0 Å². The topological polar surface area (TPSA) is 343 Å². The molecule has 0 bridgehead atoms. The van der Waals surface area contributed by atoms with Crippen LogP contribution in [0.2, 0.25) is 0 Å². The van der Waals surface area contributed by atoms with Gasteiger partial charge in [0.25, 0.3) is 63.0 Å². The molecule has 0 aliphatic heterocycles. The largest absolute Gasteiger partial charge is 6.00 e. The van der Waals surface area contributed by atoms with Gasteiger partial charge in [-0.25, -0.2) is 50.5 Å². The third-order valence-electron chi connectivity index (χ3n) is 0. The molecule has 0 rings (SSSR count). The molecule has 18 nitrogen and oxygen atoms in total. The van der Waals surface area contributed by atoms with Crippen molar-refractivity contribution < 1.29 is 122 Å². The molecule has 0 aromatic heterocycles. The summed E-state index contributed by atoms with van der Waals surface area (Å²) < 4.78 is 212. The summed E-state index contributed by atoms with van der Waals surface area (Å²) in [6.45, 7) is 0. The molecule has 0 fully saturated rings. The molecule has 0 radical (unpaired) electrons. The van der Waals surface area contributed by atoms with E-state index in [2.05, 4.69) is 0 Å². The Kier molecular flexibility index (Phi) is 29.9. The van der Waals surface area contributed by atoms with Crippen molar-refractivity contribution in [2.75, 3.05) is 0 Å². The molecular weight excluding hydrogens is 690 g/mol. The van der Waals surface area contributed by atoms with Crippen molar-refractivity contribution in [1.82, 2.24) is 0 Å². The van der Waals surface area contributed by atoms with Crippen molar-refractivity contribution in [2.24, 2.45) is 0 Å². The van der Waals surface area contributed by atoms with Crippen molar-refractivity contribution in [3.63, 3.8) is 0 Å². The maximum Gasteiger partial charge on any atom is 6.00 e. The minimum atomic E-state index is -5.42. The zero-order valence-electron chi connectivity index (χ0n) is 12.5. The van der Waals surface area contributed by atoms with Crippen molar-refractivity contribution >= 4 is 63.0 Å². The first-order chi connectivity index (χ1) is 12.0. The number of rotatable bonds is 0. The molecule has 31 heavy (non-hydrogen) atoms. The van der Waals surface area contributed by atoms with Gasteiger partial charge in [0.1, 0.15) is 0 Å². The van der Waals surface area contributed by atoms with Gasteiger partial charge in [-0.3, -0.25) is 0 Å². The zero-order valence-corrected chi connectivity index (χ0v) is 19.4. The van der Waals surface area contributed by atoms with Gasteiger partial charge < -0.3 is 27.3 Å². The third-order valence-corrected chi connectivity index (χ3v) is 0. The second-order valence-corrected chi connectivity index (χ2v) is 7.08. The van der Waals surface area contributed by atoms with Gasteiger partial charge >= 0.3 is 21.1 Å². The monoisotopic (exact) mass is 692 g/mol. The normalized spacial score (nSPS) is 11.2. The molecule has 0 saturated heterocycles. The fourth-order valence-corrected chi connectivity index (χ4v) is 0. The second-order valence-electron chi connectivity index (χ2n) is 2.36. The van der Waals surface area contributed by atoms with E-state index in [9.17, 15) is 23.3 Å². The van der Waals surface area contributed by atoms with E-state index in [1.165, 1.54) is 0 Å². The maximum absolute atomic E-state index is 10.1. The molecule has 0 aromatic rings. The molecule has 0 aliphatic carbocycles. The Morgan fingerprint density at radius 3 is 0.290 bits per heavy atom. The van der Waals surface area contributed by atoms with Crippen LogP contribution >= 0.6 is 0 Å². The van der Waals surface area contributed by atoms with Crippen LogP contribution in [0.25, 0.3) is 0 Å². The first-order valence-electron chi connectivity index (χ1n) is 3.93. The SMILES string of the molecule is O=S(=O)([O-])F.O=S(=O)([O-])F.O=S(=O)([O-])F.O=S(=O)([O-])F.O=S(=O)([O-])F.O=S(=O)([O-])F.[Mo+6]. The molecular formula is F6MoO18S6. The van der Waals surface area contributed by atoms with Gasteiger partial charge in [0, 0.05) is 0 Å². The molecule has 31 heteroatoms. The van der Waals surface area contributed by atoms with E-state index in [1.807, 2.05) is 0 Å². The summed E-state index contributed by atoms with van der Waals surface area (Å²) in [4.78, 5) is 0. The Balaban J connectivity index is -0.0000000443. The van der Waals surface area contributed by atoms with Crippen molar-refractivity contribution in [3.8, 4) is 0 Å². The van der Waals surface area contributed by atoms with Gasteiger partial charge in [-0.05, 0) is 0 Å². The van der Waals surface area contributed by atoms with E-state index >= 15 is 0 Å². The Morgan fingerprint density at radius 1 is 0.290 bits per heavy atom. The molecule has 0 amide bonds. The predicted octanol–water partition coefficient (Wildman–Crippen LogP) is -3.51. The number of halogens is 6. The zero-order chi connectivity index (χ0) is 27.0. The molecule has 0 spiro atoms. The number of hydrogen-bond donors (Lipinski definition) is 0. The summed E-state index contributed by atoms with van der Waals surface area (Å²) in [5.74, 6) is 0. The molecule has 0 aromatic carbocycles. The van der Waals surface area contributed by atoms with Crippen LogP contribution in [0.4, 0.5) is 23.3 Å². The fraction of sp³-hybridized carbons (Fsp3) is 0. The quantitative estimate of drug-likeness (QED) is 0.103. The molecule has 0 saturated carbocycles. The van der Waals surface area contributed by atoms with Gasteiger partial charge in [-0.1, -0.05) is 0 Å². The van der Waals surface area contributed by atoms with E-state index in [4.69, 9.17) is 77.8 Å². The van der Waals surface area contributed by atoms with Crippen LogP contribution in [0.15, 0.2) is 0 Å².